The van der Waals surface area contributed by atoms with Crippen molar-refractivity contribution in [3.05, 3.63) is 28.5 Å². The Morgan fingerprint density at radius 3 is 2.76 bits per heavy atom. The highest BCUT2D eigenvalue weighted by Crippen LogP contribution is 2.26. The van der Waals surface area contributed by atoms with Crippen LogP contribution in [0.4, 0.5) is 10.5 Å². The molecule has 4 heterocycles. The number of amides is 3. The molecule has 132 valence electrons. The molecule has 2 aromatic rings. The van der Waals surface area contributed by atoms with Crippen LogP contribution < -0.4 is 4.90 Å². The first-order valence-corrected chi connectivity index (χ1v) is 9.09. The summed E-state index contributed by atoms with van der Waals surface area (Å²) in [5, 5.41) is 5.36. The quantitative estimate of drug-likeness (QED) is 0.820. The van der Waals surface area contributed by atoms with E-state index < -0.39 is 0 Å². The van der Waals surface area contributed by atoms with E-state index in [0.717, 1.165) is 22.1 Å². The van der Waals surface area contributed by atoms with Gasteiger partial charge in [0.05, 0.1) is 29.4 Å². The van der Waals surface area contributed by atoms with Crippen molar-refractivity contribution in [1.29, 1.82) is 0 Å². The molecule has 0 spiro atoms. The first kappa shape index (κ1) is 16.1. The zero-order chi connectivity index (χ0) is 17.6. The fourth-order valence-electron chi connectivity index (χ4n) is 3.13. The van der Waals surface area contributed by atoms with Crippen LogP contribution in [-0.2, 0) is 11.2 Å². The zero-order valence-electron chi connectivity index (χ0n) is 14.3. The maximum atomic E-state index is 12.3. The van der Waals surface area contributed by atoms with E-state index in [1.54, 1.807) is 40.6 Å². The van der Waals surface area contributed by atoms with Gasteiger partial charge in [0, 0.05) is 50.5 Å². The lowest BCUT2D eigenvalue weighted by Gasteiger charge is -2.39. The highest BCUT2D eigenvalue weighted by atomic mass is 32.1. The van der Waals surface area contributed by atoms with Gasteiger partial charge in [-0.25, -0.2) is 9.78 Å². The van der Waals surface area contributed by atoms with Crippen molar-refractivity contribution in [2.24, 2.45) is 0 Å². The van der Waals surface area contributed by atoms with E-state index in [0.29, 0.717) is 26.1 Å². The number of hydrogen-bond acceptors (Lipinski definition) is 5. The first-order valence-electron chi connectivity index (χ1n) is 8.27. The summed E-state index contributed by atoms with van der Waals surface area (Å²) in [5.74, 6) is 0.128. The molecule has 8 nitrogen and oxygen atoms in total. The third kappa shape index (κ3) is 2.99. The number of carbonyl (C=O) groups excluding carboxylic acids is 2. The second-order valence-corrected chi connectivity index (χ2v) is 7.83. The topological polar surface area (TPSA) is 74.6 Å². The van der Waals surface area contributed by atoms with Gasteiger partial charge in [-0.3, -0.25) is 14.4 Å². The minimum absolute atomic E-state index is 0.00446. The average Bonchev–Trinajstić information content (AvgIpc) is 3.22. The molecule has 0 N–H and O–H groups in total. The molecule has 0 radical (unpaired) electrons. The van der Waals surface area contributed by atoms with Crippen molar-refractivity contribution >= 4 is 29.0 Å². The lowest BCUT2D eigenvalue weighted by molar-refractivity contribution is -0.136. The third-order valence-corrected chi connectivity index (χ3v) is 5.61. The summed E-state index contributed by atoms with van der Waals surface area (Å²) in [6.07, 6.45) is 5.81. The molecule has 0 atom stereocenters. The van der Waals surface area contributed by atoms with Crippen molar-refractivity contribution in [3.63, 3.8) is 0 Å². The number of thiazole rings is 1. The van der Waals surface area contributed by atoms with Crippen molar-refractivity contribution in [2.45, 2.75) is 19.4 Å². The van der Waals surface area contributed by atoms with E-state index >= 15 is 0 Å². The number of likely N-dealkylation sites (N-methyl/N-ethyl adjacent to an activating group) is 1. The monoisotopic (exact) mass is 360 g/mol. The number of hydrogen-bond donors (Lipinski definition) is 0. The van der Waals surface area contributed by atoms with E-state index in [1.807, 2.05) is 22.7 Å². The SMILES string of the molecule is Cc1ncc(CC(=O)N2CC(n3cc(N4CCN(C)C4=O)cn3)C2)s1. The van der Waals surface area contributed by atoms with Gasteiger partial charge in [0.1, 0.15) is 0 Å². The summed E-state index contributed by atoms with van der Waals surface area (Å²) < 4.78 is 1.86. The Labute approximate surface area is 149 Å². The minimum Gasteiger partial charge on any atom is -0.338 e. The van der Waals surface area contributed by atoms with Gasteiger partial charge in [-0.2, -0.15) is 5.10 Å². The summed E-state index contributed by atoms with van der Waals surface area (Å²) in [6, 6.07) is 0.182. The standard InChI is InChI=1S/C16H20N6O2S/c1-11-17-7-14(25-11)5-15(23)20-8-13(9-20)22-10-12(6-18-22)21-4-3-19(2)16(21)24/h6-7,10,13H,3-5,8-9H2,1-2H3. The predicted octanol–water partition coefficient (Wildman–Crippen LogP) is 1.15. The molecule has 2 fully saturated rings. The predicted molar refractivity (Wildman–Crippen MR) is 93.8 cm³/mol. The van der Waals surface area contributed by atoms with Gasteiger partial charge < -0.3 is 9.80 Å². The number of likely N-dealkylation sites (tertiary alicyclic amines) is 1. The summed E-state index contributed by atoms with van der Waals surface area (Å²) in [6.45, 7) is 4.67. The van der Waals surface area contributed by atoms with E-state index in [2.05, 4.69) is 10.1 Å². The van der Waals surface area contributed by atoms with Crippen LogP contribution in [-0.4, -0.2) is 69.7 Å². The maximum Gasteiger partial charge on any atom is 0.324 e. The molecule has 2 aliphatic rings. The van der Waals surface area contributed by atoms with Gasteiger partial charge in [-0.15, -0.1) is 11.3 Å². The van der Waals surface area contributed by atoms with Crippen LogP contribution in [0.25, 0.3) is 0 Å². The maximum absolute atomic E-state index is 12.3. The number of aryl methyl sites for hydroxylation is 1. The Balaban J connectivity index is 1.33. The first-order chi connectivity index (χ1) is 12.0. The van der Waals surface area contributed by atoms with E-state index in [9.17, 15) is 9.59 Å². The summed E-state index contributed by atoms with van der Waals surface area (Å²) in [5.41, 5.74) is 0.819. The van der Waals surface area contributed by atoms with E-state index in [4.69, 9.17) is 0 Å². The van der Waals surface area contributed by atoms with E-state index in [1.165, 1.54) is 0 Å². The zero-order valence-corrected chi connectivity index (χ0v) is 15.1. The van der Waals surface area contributed by atoms with Crippen molar-refractivity contribution in [3.8, 4) is 0 Å². The Morgan fingerprint density at radius 1 is 1.32 bits per heavy atom. The highest BCUT2D eigenvalue weighted by Gasteiger charge is 2.34. The fraction of sp³-hybridized carbons (Fsp3) is 0.500. The molecule has 0 unspecified atom stereocenters. The van der Waals surface area contributed by atoms with Crippen molar-refractivity contribution in [1.82, 2.24) is 24.6 Å². The number of anilines is 1. The van der Waals surface area contributed by atoms with Gasteiger partial charge in [0.2, 0.25) is 5.91 Å². The van der Waals surface area contributed by atoms with Crippen LogP contribution in [0.2, 0.25) is 0 Å². The number of aromatic nitrogens is 3. The molecule has 4 rings (SSSR count). The molecular weight excluding hydrogens is 340 g/mol. The van der Waals surface area contributed by atoms with Crippen LogP contribution in [0.1, 0.15) is 15.9 Å². The summed E-state index contributed by atoms with van der Waals surface area (Å²) in [7, 11) is 1.80. The van der Waals surface area contributed by atoms with Crippen LogP contribution in [0, 0.1) is 6.92 Å². The summed E-state index contributed by atoms with van der Waals surface area (Å²) >= 11 is 1.57. The molecule has 9 heteroatoms. The van der Waals surface area contributed by atoms with Crippen LogP contribution in [0.5, 0.6) is 0 Å². The lowest BCUT2D eigenvalue weighted by atomic mass is 10.1. The lowest BCUT2D eigenvalue weighted by Crippen LogP contribution is -2.51. The Bertz CT molecular complexity index is 809. The van der Waals surface area contributed by atoms with Gasteiger partial charge in [0.15, 0.2) is 0 Å². The van der Waals surface area contributed by atoms with E-state index in [-0.39, 0.29) is 18.0 Å². The molecule has 3 amide bonds. The molecule has 0 aromatic carbocycles. The van der Waals surface area contributed by atoms with Gasteiger partial charge in [-0.1, -0.05) is 0 Å². The molecule has 2 aliphatic heterocycles. The number of nitrogens with zero attached hydrogens (tertiary/aromatic N) is 6. The number of urea groups is 1. The highest BCUT2D eigenvalue weighted by molar-refractivity contribution is 7.11. The third-order valence-electron chi connectivity index (χ3n) is 4.70. The largest absolute Gasteiger partial charge is 0.338 e. The van der Waals surface area contributed by atoms with Gasteiger partial charge in [-0.05, 0) is 6.92 Å². The molecule has 2 saturated heterocycles. The van der Waals surface area contributed by atoms with Crippen LogP contribution >= 0.6 is 11.3 Å². The second-order valence-electron chi connectivity index (χ2n) is 6.51. The van der Waals surface area contributed by atoms with Crippen molar-refractivity contribution < 1.29 is 9.59 Å². The molecule has 0 aliphatic carbocycles. The Morgan fingerprint density at radius 2 is 2.12 bits per heavy atom. The van der Waals surface area contributed by atoms with Gasteiger partial charge >= 0.3 is 6.03 Å². The number of carbonyl (C=O) groups is 2. The average molecular weight is 360 g/mol. The smallest absolute Gasteiger partial charge is 0.324 e. The second kappa shape index (κ2) is 6.14. The minimum atomic E-state index is 0.00446. The molecule has 2 aromatic heterocycles. The Kier molecular flexibility index (Phi) is 3.95. The molecule has 0 saturated carbocycles. The normalized spacial score (nSPS) is 18.2. The number of rotatable bonds is 4. The summed E-state index contributed by atoms with van der Waals surface area (Å²) in [4.78, 5) is 34.8. The van der Waals surface area contributed by atoms with Crippen molar-refractivity contribution in [2.75, 3.05) is 38.1 Å². The molecular formula is C16H20N6O2S. The Hall–Kier alpha value is -2.42. The molecule has 0 bridgehead atoms. The van der Waals surface area contributed by atoms with Gasteiger partial charge in [0.25, 0.3) is 0 Å². The van der Waals surface area contributed by atoms with Crippen LogP contribution in [0.15, 0.2) is 18.6 Å². The molecule has 25 heavy (non-hydrogen) atoms. The fourth-order valence-corrected chi connectivity index (χ4v) is 3.91. The van der Waals surface area contributed by atoms with Crippen LogP contribution in [0.3, 0.4) is 0 Å².